The Balaban J connectivity index is 0.000000604. The van der Waals surface area contributed by atoms with E-state index >= 15 is 0 Å². The number of hydrogen-bond donors (Lipinski definition) is 2. The summed E-state index contributed by atoms with van der Waals surface area (Å²) in [6.07, 6.45) is 4.19. The van der Waals surface area contributed by atoms with Gasteiger partial charge in [0.1, 0.15) is 30.3 Å². The molecule has 0 unspecified atom stereocenters. The van der Waals surface area contributed by atoms with Gasteiger partial charge in [0.05, 0.1) is 19.3 Å². The fourth-order valence-electron chi connectivity index (χ4n) is 3.57. The quantitative estimate of drug-likeness (QED) is 0.653. The first-order valence-corrected chi connectivity index (χ1v) is 8.76. The van der Waals surface area contributed by atoms with Crippen LogP contribution in [0.4, 0.5) is 0 Å². The second-order valence-electron chi connectivity index (χ2n) is 6.40. The number of aromatic nitrogens is 3. The summed E-state index contributed by atoms with van der Waals surface area (Å²) in [6, 6.07) is 9.69. The smallest absolute Gasteiger partial charge is 0.290 e. The molecule has 4 atom stereocenters. The molecule has 0 saturated carbocycles. The van der Waals surface area contributed by atoms with Crippen molar-refractivity contribution in [1.29, 1.82) is 0 Å². The topological polar surface area (TPSA) is 120 Å². The summed E-state index contributed by atoms with van der Waals surface area (Å²) >= 11 is 0. The van der Waals surface area contributed by atoms with Crippen LogP contribution < -0.4 is 0 Å². The number of rotatable bonds is 3. The molecule has 0 aliphatic carbocycles. The van der Waals surface area contributed by atoms with Gasteiger partial charge in [-0.15, -0.1) is 0 Å². The molecule has 2 aliphatic heterocycles. The number of carboxylic acid groups (broad SMARTS) is 1. The Hall–Kier alpha value is -3.01. The Bertz CT molecular complexity index is 925. The first-order chi connectivity index (χ1) is 13.7. The van der Waals surface area contributed by atoms with Gasteiger partial charge in [0.2, 0.25) is 5.89 Å². The van der Waals surface area contributed by atoms with E-state index in [2.05, 4.69) is 9.97 Å². The molecular formula is C19H19N3O6. The van der Waals surface area contributed by atoms with Crippen LogP contribution in [0.25, 0.3) is 23.0 Å². The molecule has 146 valence electrons. The summed E-state index contributed by atoms with van der Waals surface area (Å²) in [6.45, 7) is 0.525. The van der Waals surface area contributed by atoms with E-state index in [0.717, 1.165) is 5.56 Å². The Morgan fingerprint density at radius 1 is 1.14 bits per heavy atom. The maximum absolute atomic E-state index is 9.93. The predicted octanol–water partition coefficient (Wildman–Crippen LogP) is 1.61. The fraction of sp³-hybridized carbons (Fsp3) is 0.316. The van der Waals surface area contributed by atoms with Crippen molar-refractivity contribution in [1.82, 2.24) is 14.5 Å². The van der Waals surface area contributed by atoms with Crippen LogP contribution in [0, 0.1) is 0 Å². The number of hydrogen-bond acceptors (Lipinski definition) is 7. The molecule has 5 rings (SSSR count). The number of benzene rings is 1. The molecule has 2 aliphatic rings. The van der Waals surface area contributed by atoms with E-state index < -0.39 is 6.10 Å². The Labute approximate surface area is 160 Å². The van der Waals surface area contributed by atoms with Gasteiger partial charge in [-0.2, -0.15) is 0 Å². The standard InChI is InChI=1S/C18H17N3O4.CH2O2/c22-14-10-24-15-13(9-23-16(14)15)21-7-6-19-17(21)12-8-25-18(20-12)11-4-2-1-3-5-11;2-1-3/h1-8,13-16,22H,9-10H2;1H,(H,2,3)/t13-,14+,15+,16+;/m0./s1. The van der Waals surface area contributed by atoms with Gasteiger partial charge in [-0.05, 0) is 12.1 Å². The van der Waals surface area contributed by atoms with Crippen molar-refractivity contribution in [2.75, 3.05) is 13.2 Å². The molecule has 0 amide bonds. The molecule has 2 saturated heterocycles. The lowest BCUT2D eigenvalue weighted by Crippen LogP contribution is -2.30. The maximum Gasteiger partial charge on any atom is 0.290 e. The van der Waals surface area contributed by atoms with Gasteiger partial charge in [-0.25, -0.2) is 9.97 Å². The zero-order valence-corrected chi connectivity index (χ0v) is 14.8. The second kappa shape index (κ2) is 7.93. The second-order valence-corrected chi connectivity index (χ2v) is 6.40. The van der Waals surface area contributed by atoms with Crippen molar-refractivity contribution in [3.05, 3.63) is 49.0 Å². The number of oxazole rings is 1. The third-order valence-electron chi connectivity index (χ3n) is 4.78. The van der Waals surface area contributed by atoms with E-state index in [-0.39, 0.29) is 24.7 Å². The highest BCUT2D eigenvalue weighted by Gasteiger charge is 2.48. The molecule has 1 aromatic carbocycles. The zero-order valence-electron chi connectivity index (χ0n) is 14.8. The molecular weight excluding hydrogens is 366 g/mol. The van der Waals surface area contributed by atoms with E-state index in [9.17, 15) is 5.11 Å². The van der Waals surface area contributed by atoms with Crippen LogP contribution >= 0.6 is 0 Å². The van der Waals surface area contributed by atoms with Gasteiger partial charge in [0, 0.05) is 18.0 Å². The summed E-state index contributed by atoms with van der Waals surface area (Å²) in [5, 5.41) is 16.8. The van der Waals surface area contributed by atoms with Crippen molar-refractivity contribution < 1.29 is 28.9 Å². The molecule has 28 heavy (non-hydrogen) atoms. The Kier molecular flexibility index (Phi) is 5.20. The molecule has 2 aromatic heterocycles. The van der Waals surface area contributed by atoms with Crippen molar-refractivity contribution in [3.8, 4) is 23.0 Å². The summed E-state index contributed by atoms with van der Waals surface area (Å²) in [7, 11) is 0. The molecule has 0 bridgehead atoms. The molecule has 0 radical (unpaired) electrons. The molecule has 9 heteroatoms. The number of imidazole rings is 1. The van der Waals surface area contributed by atoms with Crippen molar-refractivity contribution in [3.63, 3.8) is 0 Å². The summed E-state index contributed by atoms with van der Waals surface area (Å²) in [5.41, 5.74) is 1.57. The lowest BCUT2D eigenvalue weighted by Gasteiger charge is -2.18. The van der Waals surface area contributed by atoms with E-state index in [1.165, 1.54) is 0 Å². The van der Waals surface area contributed by atoms with Gasteiger partial charge in [0.15, 0.2) is 5.82 Å². The molecule has 0 spiro atoms. The number of ether oxygens (including phenoxy) is 2. The number of aliphatic hydroxyl groups is 1. The van der Waals surface area contributed by atoms with Crippen LogP contribution in [0.2, 0.25) is 0 Å². The summed E-state index contributed by atoms with van der Waals surface area (Å²) in [4.78, 5) is 17.4. The molecule has 3 aromatic rings. The molecule has 2 fully saturated rings. The van der Waals surface area contributed by atoms with Gasteiger partial charge in [-0.3, -0.25) is 4.79 Å². The molecule has 9 nitrogen and oxygen atoms in total. The maximum atomic E-state index is 9.93. The van der Waals surface area contributed by atoms with E-state index in [4.69, 9.17) is 23.8 Å². The highest BCUT2D eigenvalue weighted by molar-refractivity contribution is 5.58. The minimum Gasteiger partial charge on any atom is -0.483 e. The number of carbonyl (C=O) groups is 1. The third-order valence-corrected chi connectivity index (χ3v) is 4.78. The molecule has 2 N–H and O–H groups in total. The summed E-state index contributed by atoms with van der Waals surface area (Å²) in [5.74, 6) is 1.25. The van der Waals surface area contributed by atoms with Crippen molar-refractivity contribution in [2.45, 2.75) is 24.4 Å². The predicted molar refractivity (Wildman–Crippen MR) is 96.4 cm³/mol. The number of aliphatic hydroxyl groups excluding tert-OH is 1. The van der Waals surface area contributed by atoms with Crippen molar-refractivity contribution in [2.24, 2.45) is 0 Å². The first-order valence-electron chi connectivity index (χ1n) is 8.76. The normalized spacial score (nSPS) is 25.8. The van der Waals surface area contributed by atoms with Crippen LogP contribution in [0.1, 0.15) is 6.04 Å². The SMILES string of the molecule is O=CO.O[C@@H]1CO[C@H]2[C@@H]1OC[C@@H]2n1ccnc1-c1coc(-c2ccccc2)n1. The first kappa shape index (κ1) is 18.4. The van der Waals surface area contributed by atoms with Gasteiger partial charge in [-0.1, -0.05) is 18.2 Å². The molecule has 4 heterocycles. The Morgan fingerprint density at radius 2 is 1.89 bits per heavy atom. The largest absolute Gasteiger partial charge is 0.483 e. The van der Waals surface area contributed by atoms with Crippen molar-refractivity contribution >= 4 is 6.47 Å². The van der Waals surface area contributed by atoms with Crippen LogP contribution in [-0.4, -0.2) is 62.7 Å². The summed E-state index contributed by atoms with van der Waals surface area (Å²) < 4.78 is 19.1. The van der Waals surface area contributed by atoms with Gasteiger partial charge in [0.25, 0.3) is 6.47 Å². The third kappa shape index (κ3) is 3.31. The lowest BCUT2D eigenvalue weighted by molar-refractivity contribution is -0.122. The van der Waals surface area contributed by atoms with E-state index in [1.807, 2.05) is 41.1 Å². The number of nitrogens with zero attached hydrogens (tertiary/aromatic N) is 3. The zero-order chi connectivity index (χ0) is 19.5. The highest BCUT2D eigenvalue weighted by atomic mass is 16.6. The van der Waals surface area contributed by atoms with Crippen LogP contribution in [0.3, 0.4) is 0 Å². The monoisotopic (exact) mass is 385 g/mol. The number of fused-ring (bicyclic) bond motifs is 1. The van der Waals surface area contributed by atoms with Crippen LogP contribution in [0.5, 0.6) is 0 Å². The van der Waals surface area contributed by atoms with Gasteiger partial charge < -0.3 is 28.7 Å². The fourth-order valence-corrected chi connectivity index (χ4v) is 3.57. The van der Waals surface area contributed by atoms with E-state index in [0.29, 0.717) is 30.6 Å². The van der Waals surface area contributed by atoms with Gasteiger partial charge >= 0.3 is 0 Å². The minimum absolute atomic E-state index is 0.0449. The van der Waals surface area contributed by atoms with Crippen LogP contribution in [0.15, 0.2) is 53.4 Å². The highest BCUT2D eigenvalue weighted by Crippen LogP contribution is 2.36. The lowest BCUT2D eigenvalue weighted by atomic mass is 10.1. The minimum atomic E-state index is -0.571. The van der Waals surface area contributed by atoms with Crippen LogP contribution in [-0.2, 0) is 14.3 Å². The van der Waals surface area contributed by atoms with E-state index in [1.54, 1.807) is 12.5 Å². The average Bonchev–Trinajstić information content (AvgIpc) is 3.48. The Morgan fingerprint density at radius 3 is 2.68 bits per heavy atom. The average molecular weight is 385 g/mol.